The van der Waals surface area contributed by atoms with Crippen LogP contribution in [-0.4, -0.2) is 26.4 Å². The first-order valence-corrected chi connectivity index (χ1v) is 8.89. The van der Waals surface area contributed by atoms with Crippen LogP contribution in [0.4, 0.5) is 0 Å². The zero-order valence-corrected chi connectivity index (χ0v) is 15.6. The third-order valence-corrected chi connectivity index (χ3v) is 4.49. The number of aryl methyl sites for hydroxylation is 1. The summed E-state index contributed by atoms with van der Waals surface area (Å²) in [6, 6.07) is 13.1. The summed E-state index contributed by atoms with van der Waals surface area (Å²) in [6.45, 7) is 4.52. The Morgan fingerprint density at radius 1 is 1.04 bits per heavy atom. The van der Waals surface area contributed by atoms with E-state index in [4.69, 9.17) is 21.1 Å². The Bertz CT molecular complexity index is 1090. The highest BCUT2D eigenvalue weighted by molar-refractivity contribution is 6.31. The predicted octanol–water partition coefficient (Wildman–Crippen LogP) is 4.97. The fourth-order valence-electron chi connectivity index (χ4n) is 2.69. The minimum Gasteiger partial charge on any atom is -0.494 e. The zero-order chi connectivity index (χ0) is 18.8. The molecule has 0 aliphatic rings. The number of ether oxygens (including phenoxy) is 2. The van der Waals surface area contributed by atoms with Crippen molar-refractivity contribution in [2.24, 2.45) is 0 Å². The van der Waals surface area contributed by atoms with E-state index in [9.17, 15) is 0 Å². The largest absolute Gasteiger partial charge is 0.494 e. The predicted molar refractivity (Wildman–Crippen MR) is 104 cm³/mol. The van der Waals surface area contributed by atoms with Crippen LogP contribution in [0, 0.1) is 6.92 Å². The van der Waals surface area contributed by atoms with Crippen LogP contribution in [-0.2, 0) is 0 Å². The van der Waals surface area contributed by atoms with Crippen molar-refractivity contribution >= 4 is 22.6 Å². The molecule has 0 N–H and O–H groups in total. The molecule has 136 valence electrons. The van der Waals surface area contributed by atoms with Gasteiger partial charge in [0.2, 0.25) is 5.88 Å². The van der Waals surface area contributed by atoms with Gasteiger partial charge in [-0.3, -0.25) is 0 Å². The Balaban J connectivity index is 1.69. The SMILES string of the molecule is CCOc1ccc(Oc2ncnc3c2cnn3-c2ccc(C)c(Cl)c2)cc1. The first-order valence-electron chi connectivity index (χ1n) is 8.51. The van der Waals surface area contributed by atoms with E-state index in [2.05, 4.69) is 15.1 Å². The molecule has 0 fully saturated rings. The Morgan fingerprint density at radius 2 is 1.81 bits per heavy atom. The molecular formula is C20H17ClN4O2. The van der Waals surface area contributed by atoms with Crippen LogP contribution in [0.25, 0.3) is 16.7 Å². The summed E-state index contributed by atoms with van der Waals surface area (Å²) in [5, 5.41) is 5.82. The summed E-state index contributed by atoms with van der Waals surface area (Å²) in [6.07, 6.45) is 3.15. The van der Waals surface area contributed by atoms with Crippen molar-refractivity contribution in [2.45, 2.75) is 13.8 Å². The Morgan fingerprint density at radius 3 is 2.56 bits per heavy atom. The van der Waals surface area contributed by atoms with Crippen LogP contribution in [0.2, 0.25) is 5.02 Å². The number of halogens is 1. The van der Waals surface area contributed by atoms with E-state index in [1.54, 1.807) is 10.9 Å². The van der Waals surface area contributed by atoms with Gasteiger partial charge >= 0.3 is 0 Å². The lowest BCUT2D eigenvalue weighted by molar-refractivity contribution is 0.339. The lowest BCUT2D eigenvalue weighted by Crippen LogP contribution is -1.98. The highest BCUT2D eigenvalue weighted by Gasteiger charge is 2.13. The van der Waals surface area contributed by atoms with E-state index in [1.807, 2.05) is 56.3 Å². The maximum atomic E-state index is 6.25. The summed E-state index contributed by atoms with van der Waals surface area (Å²) in [4.78, 5) is 8.61. The van der Waals surface area contributed by atoms with E-state index in [-0.39, 0.29) is 0 Å². The summed E-state index contributed by atoms with van der Waals surface area (Å²) in [7, 11) is 0. The molecule has 0 radical (unpaired) electrons. The standard InChI is InChI=1S/C20H17ClN4O2/c1-3-26-15-6-8-16(9-7-15)27-20-17-11-24-25(19(17)22-12-23-20)14-5-4-13(2)18(21)10-14/h4-12H,3H2,1-2H3. The fraction of sp³-hybridized carbons (Fsp3) is 0.150. The highest BCUT2D eigenvalue weighted by Crippen LogP contribution is 2.29. The molecule has 0 amide bonds. The topological polar surface area (TPSA) is 62.1 Å². The second-order valence-electron chi connectivity index (χ2n) is 5.91. The molecule has 0 saturated heterocycles. The number of aromatic nitrogens is 4. The molecule has 2 aromatic heterocycles. The minimum absolute atomic E-state index is 0.439. The number of fused-ring (bicyclic) bond motifs is 1. The summed E-state index contributed by atoms with van der Waals surface area (Å²) in [5.74, 6) is 1.89. The molecule has 6 nitrogen and oxygen atoms in total. The van der Waals surface area contributed by atoms with Crippen LogP contribution in [0.15, 0.2) is 55.0 Å². The van der Waals surface area contributed by atoms with Gasteiger partial charge in [-0.2, -0.15) is 5.10 Å². The lowest BCUT2D eigenvalue weighted by Gasteiger charge is -2.08. The number of rotatable bonds is 5. The minimum atomic E-state index is 0.439. The van der Waals surface area contributed by atoms with Gasteiger partial charge in [-0.05, 0) is 55.8 Å². The second kappa shape index (κ2) is 7.25. The van der Waals surface area contributed by atoms with Crippen LogP contribution in [0.1, 0.15) is 12.5 Å². The molecule has 0 aliphatic carbocycles. The normalized spacial score (nSPS) is 10.9. The Hall–Kier alpha value is -3.12. The molecule has 4 rings (SSSR count). The number of hydrogen-bond donors (Lipinski definition) is 0. The van der Waals surface area contributed by atoms with Crippen LogP contribution >= 0.6 is 11.6 Å². The lowest BCUT2D eigenvalue weighted by atomic mass is 10.2. The van der Waals surface area contributed by atoms with Gasteiger partial charge in [-0.1, -0.05) is 17.7 Å². The fourth-order valence-corrected chi connectivity index (χ4v) is 2.86. The molecule has 0 saturated carbocycles. The third kappa shape index (κ3) is 3.44. The van der Waals surface area contributed by atoms with Crippen LogP contribution < -0.4 is 9.47 Å². The first kappa shape index (κ1) is 17.3. The third-order valence-electron chi connectivity index (χ3n) is 4.08. The maximum Gasteiger partial charge on any atom is 0.233 e. The summed E-state index contributed by atoms with van der Waals surface area (Å²) in [5.41, 5.74) is 2.48. The van der Waals surface area contributed by atoms with Crippen LogP contribution in [0.3, 0.4) is 0 Å². The molecule has 7 heteroatoms. The molecule has 2 aromatic carbocycles. The van der Waals surface area contributed by atoms with Gasteiger partial charge in [-0.25, -0.2) is 14.6 Å². The molecule has 27 heavy (non-hydrogen) atoms. The van der Waals surface area contributed by atoms with Crippen molar-refractivity contribution in [3.63, 3.8) is 0 Å². The Labute approximate surface area is 161 Å². The van der Waals surface area contributed by atoms with Crippen LogP contribution in [0.5, 0.6) is 17.4 Å². The van der Waals surface area contributed by atoms with E-state index in [1.165, 1.54) is 6.33 Å². The van der Waals surface area contributed by atoms with Gasteiger partial charge in [0.1, 0.15) is 23.2 Å². The van der Waals surface area contributed by atoms with Gasteiger partial charge in [0.25, 0.3) is 0 Å². The second-order valence-corrected chi connectivity index (χ2v) is 6.32. The number of hydrogen-bond acceptors (Lipinski definition) is 5. The van der Waals surface area contributed by atoms with Crippen molar-refractivity contribution in [1.29, 1.82) is 0 Å². The smallest absolute Gasteiger partial charge is 0.233 e. The van der Waals surface area contributed by atoms with Crippen molar-refractivity contribution in [2.75, 3.05) is 6.61 Å². The van der Waals surface area contributed by atoms with Crippen molar-refractivity contribution in [3.05, 3.63) is 65.6 Å². The molecule has 0 spiro atoms. The van der Waals surface area contributed by atoms with E-state index in [0.717, 1.165) is 17.0 Å². The highest BCUT2D eigenvalue weighted by atomic mass is 35.5. The molecule has 0 unspecified atom stereocenters. The number of benzene rings is 2. The molecule has 0 aliphatic heterocycles. The molecule has 4 aromatic rings. The zero-order valence-electron chi connectivity index (χ0n) is 14.9. The average Bonchev–Trinajstić information content (AvgIpc) is 3.11. The van der Waals surface area contributed by atoms with Crippen molar-refractivity contribution in [3.8, 4) is 23.1 Å². The monoisotopic (exact) mass is 380 g/mol. The van der Waals surface area contributed by atoms with Gasteiger partial charge in [0.05, 0.1) is 18.5 Å². The quantitative estimate of drug-likeness (QED) is 0.489. The van der Waals surface area contributed by atoms with Gasteiger partial charge in [-0.15, -0.1) is 0 Å². The van der Waals surface area contributed by atoms with Gasteiger partial charge in [0, 0.05) is 5.02 Å². The molecule has 0 bridgehead atoms. The maximum absolute atomic E-state index is 6.25. The van der Waals surface area contributed by atoms with E-state index >= 15 is 0 Å². The van der Waals surface area contributed by atoms with E-state index in [0.29, 0.717) is 34.3 Å². The molecule has 0 atom stereocenters. The van der Waals surface area contributed by atoms with Crippen molar-refractivity contribution in [1.82, 2.24) is 19.7 Å². The average molecular weight is 381 g/mol. The Kier molecular flexibility index (Phi) is 4.64. The molecular weight excluding hydrogens is 364 g/mol. The van der Waals surface area contributed by atoms with E-state index < -0.39 is 0 Å². The summed E-state index contributed by atoms with van der Waals surface area (Å²) >= 11 is 6.25. The van der Waals surface area contributed by atoms with Gasteiger partial charge in [0.15, 0.2) is 5.65 Å². The summed E-state index contributed by atoms with van der Waals surface area (Å²) < 4.78 is 13.1. The van der Waals surface area contributed by atoms with Crippen molar-refractivity contribution < 1.29 is 9.47 Å². The molecule has 2 heterocycles. The van der Waals surface area contributed by atoms with Gasteiger partial charge < -0.3 is 9.47 Å². The number of nitrogens with zero attached hydrogens (tertiary/aromatic N) is 4. The first-order chi connectivity index (χ1) is 13.2.